The predicted octanol–water partition coefficient (Wildman–Crippen LogP) is 4.71. The number of phenols is 2. The summed E-state index contributed by atoms with van der Waals surface area (Å²) in [7, 11) is 1.47. The molecule has 0 aromatic heterocycles. The summed E-state index contributed by atoms with van der Waals surface area (Å²) in [6.45, 7) is 3.97. The fraction of sp³-hybridized carbons (Fsp3) is 0.391. The molecule has 2 rings (SSSR count). The summed E-state index contributed by atoms with van der Waals surface area (Å²) in [5.41, 5.74) is 0.803. The molecule has 0 aliphatic rings. The number of aromatic hydroxyl groups is 2. The molecule has 0 saturated carbocycles. The molecule has 30 heavy (non-hydrogen) atoms. The molecule has 0 bridgehead atoms. The van der Waals surface area contributed by atoms with Crippen molar-refractivity contribution in [1.82, 2.24) is 0 Å². The van der Waals surface area contributed by atoms with Gasteiger partial charge in [0.25, 0.3) is 0 Å². The highest BCUT2D eigenvalue weighted by atomic mass is 16.5. The second kappa shape index (κ2) is 10.5. The van der Waals surface area contributed by atoms with E-state index in [1.165, 1.54) is 19.2 Å². The molecular formula is C23H28O7. The van der Waals surface area contributed by atoms with Gasteiger partial charge in [0.1, 0.15) is 34.1 Å². The van der Waals surface area contributed by atoms with Gasteiger partial charge in [0, 0.05) is 12.1 Å². The topological polar surface area (TPSA) is 113 Å². The highest BCUT2D eigenvalue weighted by Gasteiger charge is 2.22. The van der Waals surface area contributed by atoms with E-state index in [-0.39, 0.29) is 22.6 Å². The van der Waals surface area contributed by atoms with Crippen LogP contribution in [0, 0.1) is 0 Å². The number of methoxy groups -OCH3 is 1. The van der Waals surface area contributed by atoms with Gasteiger partial charge in [-0.15, -0.1) is 0 Å². The molecule has 2 aromatic rings. The van der Waals surface area contributed by atoms with Crippen molar-refractivity contribution in [3.05, 3.63) is 46.5 Å². The third-order valence-corrected chi connectivity index (χ3v) is 4.78. The van der Waals surface area contributed by atoms with Gasteiger partial charge in [0.15, 0.2) is 0 Å². The Hall–Kier alpha value is -3.22. The molecule has 0 aliphatic heterocycles. The predicted molar refractivity (Wildman–Crippen MR) is 112 cm³/mol. The van der Waals surface area contributed by atoms with Gasteiger partial charge in [-0.2, -0.15) is 0 Å². The molecule has 7 nitrogen and oxygen atoms in total. The SMILES string of the molecule is CCCCCc1cc(OC(=O)c2c(O)cc(OC)cc2CCC)cc(O)c1C(=O)O. The zero-order valence-corrected chi connectivity index (χ0v) is 17.5. The summed E-state index contributed by atoms with van der Waals surface area (Å²) in [5.74, 6) is -2.32. The Balaban J connectivity index is 2.40. The third kappa shape index (κ3) is 5.43. The van der Waals surface area contributed by atoms with Gasteiger partial charge in [-0.1, -0.05) is 33.1 Å². The van der Waals surface area contributed by atoms with Crippen LogP contribution >= 0.6 is 0 Å². The summed E-state index contributed by atoms with van der Waals surface area (Å²) in [6.07, 6.45) is 4.31. The smallest absolute Gasteiger partial charge is 0.347 e. The molecule has 7 heteroatoms. The highest BCUT2D eigenvalue weighted by molar-refractivity contribution is 5.96. The first-order valence-corrected chi connectivity index (χ1v) is 10.0. The second-order valence-corrected chi connectivity index (χ2v) is 7.06. The number of carboxylic acids is 1. The molecular weight excluding hydrogens is 388 g/mol. The van der Waals surface area contributed by atoms with Gasteiger partial charge in [-0.05, 0) is 42.5 Å². The van der Waals surface area contributed by atoms with E-state index >= 15 is 0 Å². The zero-order chi connectivity index (χ0) is 22.3. The molecule has 0 heterocycles. The van der Waals surface area contributed by atoms with Crippen molar-refractivity contribution in [3.63, 3.8) is 0 Å². The van der Waals surface area contributed by atoms with Crippen molar-refractivity contribution in [3.8, 4) is 23.0 Å². The van der Waals surface area contributed by atoms with Gasteiger partial charge in [-0.25, -0.2) is 9.59 Å². The number of hydrogen-bond acceptors (Lipinski definition) is 6. The average molecular weight is 416 g/mol. The summed E-state index contributed by atoms with van der Waals surface area (Å²) in [6, 6.07) is 5.56. The monoisotopic (exact) mass is 416 g/mol. The van der Waals surface area contributed by atoms with Crippen LogP contribution in [0.15, 0.2) is 24.3 Å². The van der Waals surface area contributed by atoms with Gasteiger partial charge in [0.05, 0.1) is 7.11 Å². The molecule has 0 spiro atoms. The Morgan fingerprint density at radius 3 is 2.03 bits per heavy atom. The normalized spacial score (nSPS) is 10.6. The van der Waals surface area contributed by atoms with E-state index in [0.29, 0.717) is 29.7 Å². The van der Waals surface area contributed by atoms with Crippen LogP contribution in [0.1, 0.15) is 71.4 Å². The molecule has 0 atom stereocenters. The molecule has 3 N–H and O–H groups in total. The minimum atomic E-state index is -1.24. The summed E-state index contributed by atoms with van der Waals surface area (Å²) < 4.78 is 10.6. The number of rotatable bonds is 10. The number of carbonyl (C=O) groups excluding carboxylic acids is 1. The van der Waals surface area contributed by atoms with Crippen LogP contribution in [-0.2, 0) is 12.8 Å². The van der Waals surface area contributed by atoms with Crippen molar-refractivity contribution < 1.29 is 34.4 Å². The first-order chi connectivity index (χ1) is 14.3. The van der Waals surface area contributed by atoms with E-state index in [2.05, 4.69) is 0 Å². The van der Waals surface area contributed by atoms with Crippen molar-refractivity contribution in [2.45, 2.75) is 52.4 Å². The number of aryl methyl sites for hydroxylation is 2. The number of benzene rings is 2. The fourth-order valence-electron chi connectivity index (χ4n) is 3.36. The Bertz CT molecular complexity index is 918. The van der Waals surface area contributed by atoms with Crippen LogP contribution < -0.4 is 9.47 Å². The number of carbonyl (C=O) groups is 2. The second-order valence-electron chi connectivity index (χ2n) is 7.06. The number of esters is 1. The Morgan fingerprint density at radius 1 is 0.833 bits per heavy atom. The molecule has 0 fully saturated rings. The lowest BCUT2D eigenvalue weighted by Gasteiger charge is -2.14. The van der Waals surface area contributed by atoms with E-state index < -0.39 is 17.7 Å². The molecule has 0 radical (unpaired) electrons. The van der Waals surface area contributed by atoms with Gasteiger partial charge < -0.3 is 24.8 Å². The number of unbranched alkanes of at least 4 members (excludes halogenated alkanes) is 2. The summed E-state index contributed by atoms with van der Waals surface area (Å²) in [4.78, 5) is 24.4. The number of hydrogen-bond donors (Lipinski definition) is 3. The Kier molecular flexibility index (Phi) is 8.09. The van der Waals surface area contributed by atoms with E-state index in [4.69, 9.17) is 9.47 Å². The first kappa shape index (κ1) is 23.1. The zero-order valence-electron chi connectivity index (χ0n) is 17.5. The summed E-state index contributed by atoms with van der Waals surface area (Å²) >= 11 is 0. The van der Waals surface area contributed by atoms with Crippen LogP contribution in [0.4, 0.5) is 0 Å². The molecule has 162 valence electrons. The number of phenolic OH excluding ortho intramolecular Hbond substituents is 1. The fourth-order valence-corrected chi connectivity index (χ4v) is 3.36. The third-order valence-electron chi connectivity index (χ3n) is 4.78. The van der Waals surface area contributed by atoms with Crippen molar-refractivity contribution in [2.24, 2.45) is 0 Å². The number of carboxylic acid groups (broad SMARTS) is 1. The van der Waals surface area contributed by atoms with Crippen molar-refractivity contribution >= 4 is 11.9 Å². The van der Waals surface area contributed by atoms with E-state index in [1.54, 1.807) is 6.07 Å². The molecule has 0 unspecified atom stereocenters. The van der Waals surface area contributed by atoms with Crippen LogP contribution in [0.25, 0.3) is 0 Å². The van der Waals surface area contributed by atoms with Crippen LogP contribution in [0.2, 0.25) is 0 Å². The quantitative estimate of drug-likeness (QED) is 0.292. The maximum atomic E-state index is 12.8. The minimum Gasteiger partial charge on any atom is -0.507 e. The Morgan fingerprint density at radius 2 is 1.43 bits per heavy atom. The standard InChI is InChI=1S/C23H28O7/c1-4-6-7-9-15-11-17(13-18(24)20(15)22(26)27)30-23(28)21-14(8-5-2)10-16(29-3)12-19(21)25/h10-13,24-25H,4-9H2,1-3H3,(H,26,27). The molecule has 0 saturated heterocycles. The van der Waals surface area contributed by atoms with Crippen LogP contribution in [0.5, 0.6) is 23.0 Å². The lowest BCUT2D eigenvalue weighted by molar-refractivity contribution is 0.0692. The first-order valence-electron chi connectivity index (χ1n) is 10.0. The summed E-state index contributed by atoms with van der Waals surface area (Å²) in [5, 5.41) is 30.0. The van der Waals surface area contributed by atoms with E-state index in [1.807, 2.05) is 13.8 Å². The van der Waals surface area contributed by atoms with E-state index in [9.17, 15) is 24.9 Å². The average Bonchev–Trinajstić information content (AvgIpc) is 2.67. The van der Waals surface area contributed by atoms with Crippen LogP contribution in [0.3, 0.4) is 0 Å². The van der Waals surface area contributed by atoms with Gasteiger partial charge >= 0.3 is 11.9 Å². The van der Waals surface area contributed by atoms with Gasteiger partial charge in [-0.3, -0.25) is 0 Å². The Labute approximate surface area is 175 Å². The number of ether oxygens (including phenoxy) is 2. The van der Waals surface area contributed by atoms with Crippen molar-refractivity contribution in [1.29, 1.82) is 0 Å². The maximum absolute atomic E-state index is 12.8. The highest BCUT2D eigenvalue weighted by Crippen LogP contribution is 2.33. The van der Waals surface area contributed by atoms with E-state index in [0.717, 1.165) is 31.7 Å². The largest absolute Gasteiger partial charge is 0.507 e. The number of aromatic carboxylic acids is 1. The molecule has 0 aliphatic carbocycles. The van der Waals surface area contributed by atoms with Gasteiger partial charge in [0.2, 0.25) is 0 Å². The lowest BCUT2D eigenvalue weighted by atomic mass is 9.99. The van der Waals surface area contributed by atoms with Crippen molar-refractivity contribution in [2.75, 3.05) is 7.11 Å². The lowest BCUT2D eigenvalue weighted by Crippen LogP contribution is -2.13. The maximum Gasteiger partial charge on any atom is 0.347 e. The molecule has 0 amide bonds. The minimum absolute atomic E-state index is 0.0201. The molecule has 2 aromatic carbocycles. The van der Waals surface area contributed by atoms with Crippen LogP contribution in [-0.4, -0.2) is 34.4 Å².